The number of aliphatic hydroxyl groups is 5. The Kier molecular flexibility index (Phi) is 6.03. The van der Waals surface area contributed by atoms with Gasteiger partial charge in [-0.15, -0.1) is 0 Å². The summed E-state index contributed by atoms with van der Waals surface area (Å²) in [5, 5.41) is 49.8. The van der Waals surface area contributed by atoms with Gasteiger partial charge >= 0.3 is 5.97 Å². The van der Waals surface area contributed by atoms with E-state index in [4.69, 9.17) is 14.2 Å². The average Bonchev–Trinajstić information content (AvgIpc) is 3.09. The largest absolute Gasteiger partial charge is 0.423 e. The Balaban J connectivity index is 1.51. The van der Waals surface area contributed by atoms with E-state index < -0.39 is 55.5 Å². The number of hydrogen-bond donors (Lipinski definition) is 5. The van der Waals surface area contributed by atoms with Crippen LogP contribution in [0.25, 0.3) is 0 Å². The van der Waals surface area contributed by atoms with Crippen LogP contribution < -0.4 is 0 Å². The van der Waals surface area contributed by atoms with Crippen LogP contribution in [0, 0.1) is 0 Å². The molecule has 1 aromatic rings. The van der Waals surface area contributed by atoms with Crippen LogP contribution >= 0.6 is 0 Å². The number of carbonyl (C=O) groups excluding carboxylic acids is 1. The average molecular weight is 420 g/mol. The molecule has 162 valence electrons. The van der Waals surface area contributed by atoms with Gasteiger partial charge in [-0.1, -0.05) is 30.3 Å². The van der Waals surface area contributed by atoms with E-state index in [1.165, 1.54) is 0 Å². The molecule has 1 aliphatic carbocycles. The van der Waals surface area contributed by atoms with Gasteiger partial charge in [0.25, 0.3) is 0 Å². The molecule has 3 aliphatic rings. The summed E-state index contributed by atoms with van der Waals surface area (Å²) in [6.45, 7) is -0.554. The second-order valence-corrected chi connectivity index (χ2v) is 7.54. The van der Waals surface area contributed by atoms with Gasteiger partial charge < -0.3 is 39.7 Å². The van der Waals surface area contributed by atoms with Crippen LogP contribution in [0.15, 0.2) is 53.3 Å². The van der Waals surface area contributed by atoms with Crippen molar-refractivity contribution in [3.63, 3.8) is 0 Å². The lowest BCUT2D eigenvalue weighted by Gasteiger charge is -2.40. The molecule has 7 atom stereocenters. The highest BCUT2D eigenvalue weighted by Gasteiger charge is 2.45. The molecule has 0 radical (unpaired) electrons. The van der Waals surface area contributed by atoms with Crippen molar-refractivity contribution in [3.05, 3.63) is 58.9 Å². The summed E-state index contributed by atoms with van der Waals surface area (Å²) < 4.78 is 16.4. The van der Waals surface area contributed by atoms with E-state index in [1.54, 1.807) is 30.3 Å². The van der Waals surface area contributed by atoms with E-state index in [2.05, 4.69) is 0 Å². The van der Waals surface area contributed by atoms with Gasteiger partial charge in [-0.25, -0.2) is 4.79 Å². The zero-order chi connectivity index (χ0) is 21.4. The molecule has 0 aromatic heterocycles. The van der Waals surface area contributed by atoms with Crippen LogP contribution in [0.5, 0.6) is 0 Å². The standard InChI is InChI=1S/C21H24O9/c22-9-14-17(24)18(25)19(26)21(30-14)28-11-6-7-12-13(8-11)29-20(27)15(12)16(23)10-4-2-1-3-5-10/h1-5,8,11,14,16-19,21-26H,6-7,9H2/t11-,14+,16+,17+,18-,19+,21+/m0/s1. The number of carbonyl (C=O) groups is 1. The monoisotopic (exact) mass is 420 g/mol. The first-order valence-corrected chi connectivity index (χ1v) is 9.77. The highest BCUT2D eigenvalue weighted by atomic mass is 16.7. The predicted octanol–water partition coefficient (Wildman–Crippen LogP) is -0.564. The molecule has 0 unspecified atom stereocenters. The van der Waals surface area contributed by atoms with Gasteiger partial charge in [0, 0.05) is 5.57 Å². The number of esters is 1. The summed E-state index contributed by atoms with van der Waals surface area (Å²) in [4.78, 5) is 12.4. The van der Waals surface area contributed by atoms with Crippen molar-refractivity contribution in [2.75, 3.05) is 6.61 Å². The molecule has 1 fully saturated rings. The van der Waals surface area contributed by atoms with Crippen molar-refractivity contribution < 1.29 is 44.5 Å². The van der Waals surface area contributed by atoms with Crippen molar-refractivity contribution >= 4 is 5.97 Å². The van der Waals surface area contributed by atoms with Gasteiger partial charge in [0.15, 0.2) is 6.29 Å². The molecular weight excluding hydrogens is 396 g/mol. The summed E-state index contributed by atoms with van der Waals surface area (Å²) in [6.07, 6.45) is -6.23. The Bertz CT molecular complexity index is 847. The highest BCUT2D eigenvalue weighted by molar-refractivity contribution is 5.96. The van der Waals surface area contributed by atoms with Crippen molar-refractivity contribution in [1.82, 2.24) is 0 Å². The van der Waals surface area contributed by atoms with Crippen LogP contribution in [0.2, 0.25) is 0 Å². The molecule has 1 aromatic carbocycles. The van der Waals surface area contributed by atoms with Crippen LogP contribution in [0.1, 0.15) is 24.5 Å². The van der Waals surface area contributed by atoms with E-state index >= 15 is 0 Å². The Labute approximate surface area is 172 Å². The summed E-state index contributed by atoms with van der Waals surface area (Å²) in [6, 6.07) is 8.80. The molecule has 9 heteroatoms. The minimum Gasteiger partial charge on any atom is -0.423 e. The molecule has 5 N–H and O–H groups in total. The molecule has 0 spiro atoms. The van der Waals surface area contributed by atoms with Crippen molar-refractivity contribution in [1.29, 1.82) is 0 Å². The maximum atomic E-state index is 12.4. The summed E-state index contributed by atoms with van der Waals surface area (Å²) in [5.41, 5.74) is 1.38. The van der Waals surface area contributed by atoms with E-state index in [0.29, 0.717) is 24.0 Å². The Morgan fingerprint density at radius 3 is 2.53 bits per heavy atom. The number of allylic oxidation sites excluding steroid dienone is 1. The van der Waals surface area contributed by atoms with Crippen molar-refractivity contribution in [2.24, 2.45) is 0 Å². The first-order valence-electron chi connectivity index (χ1n) is 9.77. The lowest BCUT2D eigenvalue weighted by atomic mass is 9.91. The lowest BCUT2D eigenvalue weighted by Crippen LogP contribution is -2.59. The molecule has 0 bridgehead atoms. The van der Waals surface area contributed by atoms with Crippen LogP contribution in [0.4, 0.5) is 0 Å². The third-order valence-electron chi connectivity index (χ3n) is 5.61. The van der Waals surface area contributed by atoms with Gasteiger partial charge in [0.1, 0.15) is 36.3 Å². The molecule has 9 nitrogen and oxygen atoms in total. The van der Waals surface area contributed by atoms with Gasteiger partial charge in [-0.3, -0.25) is 0 Å². The lowest BCUT2D eigenvalue weighted by molar-refractivity contribution is -0.308. The predicted molar refractivity (Wildman–Crippen MR) is 100 cm³/mol. The quantitative estimate of drug-likeness (QED) is 0.396. The third-order valence-corrected chi connectivity index (χ3v) is 5.61. The number of rotatable bonds is 5. The van der Waals surface area contributed by atoms with E-state index in [0.717, 1.165) is 0 Å². The van der Waals surface area contributed by atoms with E-state index in [1.807, 2.05) is 6.07 Å². The second-order valence-electron chi connectivity index (χ2n) is 7.54. The zero-order valence-corrected chi connectivity index (χ0v) is 16.0. The topological polar surface area (TPSA) is 146 Å². The number of aliphatic hydroxyl groups excluding tert-OH is 5. The second kappa shape index (κ2) is 8.56. The first kappa shape index (κ1) is 21.1. The summed E-state index contributed by atoms with van der Waals surface area (Å²) in [5.74, 6) is -0.341. The van der Waals surface area contributed by atoms with E-state index in [-0.39, 0.29) is 11.3 Å². The van der Waals surface area contributed by atoms with Crippen molar-refractivity contribution in [3.8, 4) is 0 Å². The normalized spacial score (nSPS) is 35.0. The number of hydrogen-bond acceptors (Lipinski definition) is 9. The smallest absolute Gasteiger partial charge is 0.342 e. The molecule has 0 saturated carbocycles. The SMILES string of the molecule is O=C1OC2=C[C@@H](O[C@@H]3O[C@H](CO)[C@@H](O)[C@H](O)[C@H]3O)CCC2=C1[C@H](O)c1ccccc1. The minimum absolute atomic E-state index is 0.193. The van der Waals surface area contributed by atoms with Gasteiger partial charge in [0.2, 0.25) is 0 Å². The fourth-order valence-corrected chi connectivity index (χ4v) is 3.94. The third kappa shape index (κ3) is 3.81. The van der Waals surface area contributed by atoms with E-state index in [9.17, 15) is 30.3 Å². The summed E-state index contributed by atoms with van der Waals surface area (Å²) in [7, 11) is 0. The molecule has 30 heavy (non-hydrogen) atoms. The van der Waals surface area contributed by atoms with Crippen LogP contribution in [0.3, 0.4) is 0 Å². The van der Waals surface area contributed by atoms with Gasteiger partial charge in [-0.05, 0) is 24.5 Å². The van der Waals surface area contributed by atoms with Crippen LogP contribution in [-0.2, 0) is 19.0 Å². The maximum Gasteiger partial charge on any atom is 0.342 e. The molecular formula is C21H24O9. The number of benzene rings is 1. The van der Waals surface area contributed by atoms with Crippen LogP contribution in [-0.4, -0.2) is 74.9 Å². The minimum atomic E-state index is -1.54. The molecule has 4 rings (SSSR count). The Morgan fingerprint density at radius 2 is 1.83 bits per heavy atom. The molecule has 2 aliphatic heterocycles. The number of fused-ring (bicyclic) bond motifs is 1. The maximum absolute atomic E-state index is 12.4. The first-order chi connectivity index (χ1) is 14.4. The van der Waals surface area contributed by atoms with Gasteiger partial charge in [-0.2, -0.15) is 0 Å². The Hall–Kier alpha value is -2.11. The summed E-state index contributed by atoms with van der Waals surface area (Å²) >= 11 is 0. The number of ether oxygens (including phenoxy) is 3. The fourth-order valence-electron chi connectivity index (χ4n) is 3.94. The Morgan fingerprint density at radius 1 is 1.10 bits per heavy atom. The van der Waals surface area contributed by atoms with Crippen molar-refractivity contribution in [2.45, 2.75) is 55.8 Å². The molecule has 2 heterocycles. The van der Waals surface area contributed by atoms with Gasteiger partial charge in [0.05, 0.1) is 18.3 Å². The zero-order valence-electron chi connectivity index (χ0n) is 16.0. The molecule has 0 amide bonds. The fraction of sp³-hybridized carbons (Fsp3) is 0.476. The molecule has 1 saturated heterocycles. The highest BCUT2D eigenvalue weighted by Crippen LogP contribution is 2.40.